The van der Waals surface area contributed by atoms with Gasteiger partial charge in [-0.3, -0.25) is 4.79 Å². The van der Waals surface area contributed by atoms with E-state index in [1.165, 1.54) is 31.2 Å². The maximum Gasteiger partial charge on any atom is 0.308 e. The number of hydrogen-bond acceptors (Lipinski definition) is 4. The van der Waals surface area contributed by atoms with Crippen molar-refractivity contribution in [2.45, 2.75) is 27.3 Å². The van der Waals surface area contributed by atoms with E-state index < -0.39 is 10.1 Å². The SMILES string of the molecule is CCS(=O)(=O)Oc1ccc(CN(CC(C)C)C(=O)c2ccc(F)cc2)cc1. The number of rotatable bonds is 8. The molecule has 0 radical (unpaired) electrons. The molecule has 0 aliphatic heterocycles. The van der Waals surface area contributed by atoms with E-state index in [1.54, 1.807) is 29.2 Å². The second-order valence-electron chi connectivity index (χ2n) is 6.66. The van der Waals surface area contributed by atoms with Crippen molar-refractivity contribution in [1.29, 1.82) is 0 Å². The molecule has 146 valence electrons. The zero-order valence-corrected chi connectivity index (χ0v) is 16.5. The molecule has 0 aliphatic carbocycles. The first-order chi connectivity index (χ1) is 12.7. The molecule has 0 heterocycles. The van der Waals surface area contributed by atoms with Gasteiger partial charge in [-0.15, -0.1) is 0 Å². The molecule has 0 saturated heterocycles. The third-order valence-electron chi connectivity index (χ3n) is 3.84. The zero-order chi connectivity index (χ0) is 20.0. The highest BCUT2D eigenvalue weighted by molar-refractivity contribution is 7.87. The second kappa shape index (κ2) is 8.99. The van der Waals surface area contributed by atoms with Crippen LogP contribution in [-0.4, -0.2) is 31.5 Å². The lowest BCUT2D eigenvalue weighted by Gasteiger charge is -2.25. The summed E-state index contributed by atoms with van der Waals surface area (Å²) in [5, 5.41) is 0. The molecular formula is C20H24FNO4S. The standard InChI is InChI=1S/C20H24FNO4S/c1-4-27(24,25)26-19-11-5-16(6-12-19)14-22(13-15(2)3)20(23)17-7-9-18(21)10-8-17/h5-12,15H,4,13-14H2,1-3H3. The fourth-order valence-corrected chi connectivity index (χ4v) is 3.03. The van der Waals surface area contributed by atoms with Gasteiger partial charge in [0.05, 0.1) is 5.75 Å². The average molecular weight is 393 g/mol. The van der Waals surface area contributed by atoms with Gasteiger partial charge in [-0.05, 0) is 54.8 Å². The van der Waals surface area contributed by atoms with Crippen LogP contribution in [0.4, 0.5) is 4.39 Å². The lowest BCUT2D eigenvalue weighted by Crippen LogP contribution is -2.33. The van der Waals surface area contributed by atoms with Crippen LogP contribution in [-0.2, 0) is 16.7 Å². The molecule has 0 spiro atoms. The molecule has 0 aromatic heterocycles. The highest BCUT2D eigenvalue weighted by atomic mass is 32.2. The molecule has 2 aromatic carbocycles. The van der Waals surface area contributed by atoms with Gasteiger partial charge >= 0.3 is 10.1 Å². The molecule has 0 unspecified atom stereocenters. The van der Waals surface area contributed by atoms with Gasteiger partial charge in [-0.1, -0.05) is 26.0 Å². The minimum Gasteiger partial charge on any atom is -0.382 e. The molecule has 5 nitrogen and oxygen atoms in total. The molecule has 0 bridgehead atoms. The summed E-state index contributed by atoms with van der Waals surface area (Å²) >= 11 is 0. The molecular weight excluding hydrogens is 369 g/mol. The third kappa shape index (κ3) is 6.36. The first-order valence-electron chi connectivity index (χ1n) is 8.76. The van der Waals surface area contributed by atoms with Gasteiger partial charge in [0, 0.05) is 18.7 Å². The fraction of sp³-hybridized carbons (Fsp3) is 0.350. The maximum atomic E-state index is 13.1. The lowest BCUT2D eigenvalue weighted by molar-refractivity contribution is 0.0722. The molecule has 0 saturated carbocycles. The summed E-state index contributed by atoms with van der Waals surface area (Å²) in [6.45, 7) is 6.43. The maximum absolute atomic E-state index is 13.1. The Bertz CT molecular complexity index is 862. The van der Waals surface area contributed by atoms with Crippen LogP contribution >= 0.6 is 0 Å². The smallest absolute Gasteiger partial charge is 0.308 e. The lowest BCUT2D eigenvalue weighted by atomic mass is 10.1. The minimum absolute atomic E-state index is 0.108. The summed E-state index contributed by atoms with van der Waals surface area (Å²) in [6.07, 6.45) is 0. The van der Waals surface area contributed by atoms with Crippen LogP contribution in [0.25, 0.3) is 0 Å². The molecule has 1 amide bonds. The van der Waals surface area contributed by atoms with Crippen LogP contribution in [0.1, 0.15) is 36.7 Å². The van der Waals surface area contributed by atoms with Gasteiger partial charge in [0.2, 0.25) is 0 Å². The number of carbonyl (C=O) groups is 1. The Hall–Kier alpha value is -2.41. The van der Waals surface area contributed by atoms with E-state index in [9.17, 15) is 17.6 Å². The van der Waals surface area contributed by atoms with Crippen molar-refractivity contribution in [1.82, 2.24) is 4.90 Å². The predicted octanol–water partition coefficient (Wildman–Crippen LogP) is 3.85. The monoisotopic (exact) mass is 393 g/mol. The third-order valence-corrected chi connectivity index (χ3v) is 4.99. The van der Waals surface area contributed by atoms with Crippen molar-refractivity contribution >= 4 is 16.0 Å². The van der Waals surface area contributed by atoms with Crippen LogP contribution in [0.15, 0.2) is 48.5 Å². The molecule has 2 aromatic rings. The number of nitrogens with zero attached hydrogens (tertiary/aromatic N) is 1. The number of carbonyl (C=O) groups excluding carboxylic acids is 1. The van der Waals surface area contributed by atoms with Gasteiger partial charge in [0.15, 0.2) is 0 Å². The molecule has 7 heteroatoms. The Morgan fingerprint density at radius 2 is 1.67 bits per heavy atom. The van der Waals surface area contributed by atoms with Crippen molar-refractivity contribution in [2.24, 2.45) is 5.92 Å². The van der Waals surface area contributed by atoms with Crippen LogP contribution in [0.3, 0.4) is 0 Å². The normalized spacial score (nSPS) is 11.4. The Balaban J connectivity index is 2.15. The highest BCUT2D eigenvalue weighted by Gasteiger charge is 2.18. The Kier molecular flexibility index (Phi) is 6.96. The summed E-state index contributed by atoms with van der Waals surface area (Å²) < 4.78 is 41.1. The highest BCUT2D eigenvalue weighted by Crippen LogP contribution is 2.18. The molecule has 0 aliphatic rings. The molecule has 27 heavy (non-hydrogen) atoms. The number of halogens is 1. The largest absolute Gasteiger partial charge is 0.382 e. The van der Waals surface area contributed by atoms with Crippen molar-refractivity contribution in [3.8, 4) is 5.75 Å². The quantitative estimate of drug-likeness (QED) is 0.639. The topological polar surface area (TPSA) is 63.7 Å². The van der Waals surface area contributed by atoms with E-state index >= 15 is 0 Å². The van der Waals surface area contributed by atoms with Gasteiger partial charge in [-0.25, -0.2) is 4.39 Å². The molecule has 0 N–H and O–H groups in total. The first-order valence-corrected chi connectivity index (χ1v) is 10.3. The van der Waals surface area contributed by atoms with E-state index in [-0.39, 0.29) is 29.1 Å². The van der Waals surface area contributed by atoms with E-state index in [2.05, 4.69) is 0 Å². The Morgan fingerprint density at radius 3 is 2.19 bits per heavy atom. The van der Waals surface area contributed by atoms with Gasteiger partial charge in [0.1, 0.15) is 11.6 Å². The van der Waals surface area contributed by atoms with E-state index in [0.29, 0.717) is 18.7 Å². The summed E-state index contributed by atoms with van der Waals surface area (Å²) in [4.78, 5) is 14.5. The zero-order valence-electron chi connectivity index (χ0n) is 15.7. The fourth-order valence-electron chi connectivity index (χ4n) is 2.51. The molecule has 0 fully saturated rings. The van der Waals surface area contributed by atoms with Crippen molar-refractivity contribution in [2.75, 3.05) is 12.3 Å². The van der Waals surface area contributed by atoms with Crippen LogP contribution in [0, 0.1) is 11.7 Å². The molecule has 2 rings (SSSR count). The second-order valence-corrected chi connectivity index (χ2v) is 8.52. The van der Waals surface area contributed by atoms with Crippen LogP contribution in [0.2, 0.25) is 0 Å². The van der Waals surface area contributed by atoms with Crippen molar-refractivity contribution in [3.63, 3.8) is 0 Å². The van der Waals surface area contributed by atoms with Crippen molar-refractivity contribution in [3.05, 3.63) is 65.5 Å². The Morgan fingerprint density at radius 1 is 1.07 bits per heavy atom. The van der Waals surface area contributed by atoms with Crippen LogP contribution in [0.5, 0.6) is 5.75 Å². The number of amides is 1. The van der Waals surface area contributed by atoms with E-state index in [0.717, 1.165) is 5.56 Å². The van der Waals surface area contributed by atoms with Crippen LogP contribution < -0.4 is 4.18 Å². The number of benzene rings is 2. The minimum atomic E-state index is -3.57. The summed E-state index contributed by atoms with van der Waals surface area (Å²) in [5.74, 6) is -0.187. The van der Waals surface area contributed by atoms with Gasteiger partial charge in [-0.2, -0.15) is 8.42 Å². The molecule has 0 atom stereocenters. The predicted molar refractivity (Wildman–Crippen MR) is 103 cm³/mol. The number of hydrogen-bond donors (Lipinski definition) is 0. The summed E-state index contributed by atoms with van der Waals surface area (Å²) in [7, 11) is -3.57. The summed E-state index contributed by atoms with van der Waals surface area (Å²) in [6, 6.07) is 12.1. The van der Waals surface area contributed by atoms with Crippen molar-refractivity contribution < 1.29 is 21.8 Å². The van der Waals surface area contributed by atoms with Gasteiger partial charge in [0.25, 0.3) is 5.91 Å². The summed E-state index contributed by atoms with van der Waals surface area (Å²) in [5.41, 5.74) is 1.26. The van der Waals surface area contributed by atoms with Gasteiger partial charge < -0.3 is 9.08 Å². The Labute approximate surface area is 159 Å². The van der Waals surface area contributed by atoms with E-state index in [4.69, 9.17) is 4.18 Å². The van der Waals surface area contributed by atoms with E-state index in [1.807, 2.05) is 13.8 Å². The average Bonchev–Trinajstić information content (AvgIpc) is 2.62. The first kappa shape index (κ1) is 20.9.